The molecular weight excluding hydrogens is 303 g/mol. The minimum Gasteiger partial charge on any atom is -0.438 e. The number of nitrogens with zero attached hydrogens (tertiary/aromatic N) is 3. The summed E-state index contributed by atoms with van der Waals surface area (Å²) in [5, 5.41) is 8.60. The summed E-state index contributed by atoms with van der Waals surface area (Å²) in [7, 11) is 0. The van der Waals surface area contributed by atoms with Crippen LogP contribution < -0.4 is 10.5 Å². The molecule has 0 saturated carbocycles. The van der Waals surface area contributed by atoms with Gasteiger partial charge < -0.3 is 10.5 Å². The molecule has 7 heteroatoms. The van der Waals surface area contributed by atoms with E-state index in [1.807, 2.05) is 0 Å². The Hall–Kier alpha value is -2.20. The number of nitriles is 1. The summed E-state index contributed by atoms with van der Waals surface area (Å²) in [6, 6.07) is 5.61. The average molecular weight is 309 g/mol. The lowest BCUT2D eigenvalue weighted by molar-refractivity contribution is 0.454. The van der Waals surface area contributed by atoms with Gasteiger partial charge in [-0.15, -0.1) is 0 Å². The van der Waals surface area contributed by atoms with Crippen molar-refractivity contribution in [2.24, 2.45) is 0 Å². The molecular formula is C11H6BrFN4O. The van der Waals surface area contributed by atoms with Gasteiger partial charge in [0, 0.05) is 6.07 Å². The van der Waals surface area contributed by atoms with Crippen LogP contribution in [0, 0.1) is 17.1 Å². The third-order valence-corrected chi connectivity index (χ3v) is 2.55. The van der Waals surface area contributed by atoms with Crippen LogP contribution >= 0.6 is 15.9 Å². The third-order valence-electron chi connectivity index (χ3n) is 2.01. The SMILES string of the molecule is N#Cc1ccc(Oc2nc(N)ncc2Br)cc1F. The first-order valence-corrected chi connectivity index (χ1v) is 5.55. The average Bonchev–Trinajstić information content (AvgIpc) is 2.34. The third kappa shape index (κ3) is 2.55. The molecule has 90 valence electrons. The molecule has 1 aromatic carbocycles. The minimum atomic E-state index is -0.659. The minimum absolute atomic E-state index is 0.0438. The van der Waals surface area contributed by atoms with Crippen LogP contribution in [0.3, 0.4) is 0 Å². The van der Waals surface area contributed by atoms with Gasteiger partial charge in [-0.2, -0.15) is 10.2 Å². The fourth-order valence-corrected chi connectivity index (χ4v) is 1.47. The second-order valence-corrected chi connectivity index (χ2v) is 4.09. The Morgan fingerprint density at radius 3 is 2.89 bits per heavy atom. The van der Waals surface area contributed by atoms with Crippen molar-refractivity contribution in [3.05, 3.63) is 40.2 Å². The predicted octanol–water partition coefficient (Wildman–Crippen LogP) is 2.62. The van der Waals surface area contributed by atoms with Gasteiger partial charge in [-0.05, 0) is 28.1 Å². The fourth-order valence-electron chi connectivity index (χ4n) is 1.20. The highest BCUT2D eigenvalue weighted by molar-refractivity contribution is 9.10. The van der Waals surface area contributed by atoms with E-state index in [9.17, 15) is 4.39 Å². The summed E-state index contributed by atoms with van der Waals surface area (Å²) in [5.41, 5.74) is 5.36. The Morgan fingerprint density at radius 2 is 2.22 bits per heavy atom. The highest BCUT2D eigenvalue weighted by Gasteiger charge is 2.08. The maximum absolute atomic E-state index is 13.4. The van der Waals surface area contributed by atoms with E-state index in [1.54, 1.807) is 6.07 Å². The summed E-state index contributed by atoms with van der Waals surface area (Å²) >= 11 is 3.18. The van der Waals surface area contributed by atoms with Crippen molar-refractivity contribution >= 4 is 21.9 Å². The number of anilines is 1. The number of rotatable bonds is 2. The number of benzene rings is 1. The van der Waals surface area contributed by atoms with Crippen molar-refractivity contribution in [3.8, 4) is 17.7 Å². The van der Waals surface area contributed by atoms with Crippen molar-refractivity contribution in [2.75, 3.05) is 5.73 Å². The number of hydrogen-bond donors (Lipinski definition) is 1. The Labute approximate surface area is 110 Å². The van der Waals surface area contributed by atoms with E-state index >= 15 is 0 Å². The standard InChI is InChI=1S/C11H6BrFN4O/c12-8-5-16-11(15)17-10(8)18-7-2-1-6(4-14)9(13)3-7/h1-3,5H,(H2,15,16,17). The molecule has 0 bridgehead atoms. The second-order valence-electron chi connectivity index (χ2n) is 3.24. The number of halogens is 2. The van der Waals surface area contributed by atoms with Gasteiger partial charge in [0.1, 0.15) is 17.6 Å². The Balaban J connectivity index is 2.32. The molecule has 0 aliphatic rings. The molecule has 0 amide bonds. The van der Waals surface area contributed by atoms with E-state index in [-0.39, 0.29) is 23.1 Å². The number of nitrogen functional groups attached to an aromatic ring is 1. The topological polar surface area (TPSA) is 84.8 Å². The summed E-state index contributed by atoms with van der Waals surface area (Å²) in [4.78, 5) is 7.60. The highest BCUT2D eigenvalue weighted by Crippen LogP contribution is 2.28. The molecule has 2 aromatic rings. The quantitative estimate of drug-likeness (QED) is 0.921. The van der Waals surface area contributed by atoms with Crippen LogP contribution in [0.2, 0.25) is 0 Å². The largest absolute Gasteiger partial charge is 0.438 e. The van der Waals surface area contributed by atoms with Crippen LogP contribution in [-0.2, 0) is 0 Å². The lowest BCUT2D eigenvalue weighted by atomic mass is 10.2. The Kier molecular flexibility index (Phi) is 3.39. The predicted molar refractivity (Wildman–Crippen MR) is 65.3 cm³/mol. The van der Waals surface area contributed by atoms with Crippen molar-refractivity contribution in [1.82, 2.24) is 9.97 Å². The Morgan fingerprint density at radius 1 is 1.44 bits per heavy atom. The van der Waals surface area contributed by atoms with Gasteiger partial charge in [0.25, 0.3) is 0 Å². The van der Waals surface area contributed by atoms with Gasteiger partial charge >= 0.3 is 0 Å². The molecule has 5 nitrogen and oxygen atoms in total. The van der Waals surface area contributed by atoms with Gasteiger partial charge in [-0.3, -0.25) is 0 Å². The van der Waals surface area contributed by atoms with Crippen LogP contribution in [0.25, 0.3) is 0 Å². The molecule has 1 heterocycles. The molecule has 0 fully saturated rings. The number of hydrogen-bond acceptors (Lipinski definition) is 5. The van der Waals surface area contributed by atoms with Crippen LogP contribution in [0.1, 0.15) is 5.56 Å². The zero-order chi connectivity index (χ0) is 13.1. The normalized spacial score (nSPS) is 9.83. The van der Waals surface area contributed by atoms with Gasteiger partial charge in [0.15, 0.2) is 0 Å². The summed E-state index contributed by atoms with van der Waals surface area (Å²) in [5.74, 6) is -0.229. The zero-order valence-electron chi connectivity index (χ0n) is 8.89. The molecule has 0 atom stereocenters. The van der Waals surface area contributed by atoms with Crippen LogP contribution in [0.5, 0.6) is 11.6 Å². The zero-order valence-corrected chi connectivity index (χ0v) is 10.5. The fraction of sp³-hybridized carbons (Fsp3) is 0. The van der Waals surface area contributed by atoms with E-state index in [0.717, 1.165) is 6.07 Å². The molecule has 1 aromatic heterocycles. The second kappa shape index (κ2) is 4.98. The van der Waals surface area contributed by atoms with E-state index in [4.69, 9.17) is 15.7 Å². The molecule has 18 heavy (non-hydrogen) atoms. The van der Waals surface area contributed by atoms with E-state index in [0.29, 0.717) is 4.47 Å². The van der Waals surface area contributed by atoms with Crippen LogP contribution in [-0.4, -0.2) is 9.97 Å². The molecule has 0 aliphatic heterocycles. The molecule has 2 rings (SSSR count). The first kappa shape index (κ1) is 12.3. The first-order chi connectivity index (χ1) is 8.60. The van der Waals surface area contributed by atoms with E-state index in [1.165, 1.54) is 18.3 Å². The monoisotopic (exact) mass is 308 g/mol. The summed E-state index contributed by atoms with van der Waals surface area (Å²) in [6.07, 6.45) is 1.43. The number of nitrogens with two attached hydrogens (primary N) is 1. The number of ether oxygens (including phenoxy) is 1. The number of aromatic nitrogens is 2. The van der Waals surface area contributed by atoms with Crippen LogP contribution in [0.15, 0.2) is 28.9 Å². The van der Waals surface area contributed by atoms with Gasteiger partial charge in [0.2, 0.25) is 11.8 Å². The first-order valence-electron chi connectivity index (χ1n) is 4.75. The molecule has 0 saturated heterocycles. The lowest BCUT2D eigenvalue weighted by Gasteiger charge is -2.07. The van der Waals surface area contributed by atoms with Crippen molar-refractivity contribution in [2.45, 2.75) is 0 Å². The van der Waals surface area contributed by atoms with Gasteiger partial charge in [-0.1, -0.05) is 0 Å². The van der Waals surface area contributed by atoms with Gasteiger partial charge in [-0.25, -0.2) is 9.37 Å². The smallest absolute Gasteiger partial charge is 0.238 e. The molecule has 0 radical (unpaired) electrons. The molecule has 0 unspecified atom stereocenters. The summed E-state index contributed by atoms with van der Waals surface area (Å²) in [6.45, 7) is 0. The maximum Gasteiger partial charge on any atom is 0.238 e. The molecule has 0 spiro atoms. The lowest BCUT2D eigenvalue weighted by Crippen LogP contribution is -1.97. The highest BCUT2D eigenvalue weighted by atomic mass is 79.9. The van der Waals surface area contributed by atoms with Crippen molar-refractivity contribution in [3.63, 3.8) is 0 Å². The van der Waals surface area contributed by atoms with Crippen molar-refractivity contribution in [1.29, 1.82) is 5.26 Å². The molecule has 2 N–H and O–H groups in total. The van der Waals surface area contributed by atoms with E-state index in [2.05, 4.69) is 25.9 Å². The van der Waals surface area contributed by atoms with Gasteiger partial charge in [0.05, 0.1) is 16.2 Å². The van der Waals surface area contributed by atoms with Crippen LogP contribution in [0.4, 0.5) is 10.3 Å². The molecule has 0 aliphatic carbocycles. The van der Waals surface area contributed by atoms with Crippen molar-refractivity contribution < 1.29 is 9.13 Å². The Bertz CT molecular complexity index is 641. The maximum atomic E-state index is 13.4. The van der Waals surface area contributed by atoms with E-state index < -0.39 is 5.82 Å². The summed E-state index contributed by atoms with van der Waals surface area (Å²) < 4.78 is 19.2.